The average Bonchev–Trinajstić information content (AvgIpc) is 2.55. The number of benzene rings is 1. The monoisotopic (exact) mass is 320 g/mol. The number of fused-ring (bicyclic) bond motifs is 1. The molecule has 1 N–H and O–H groups in total. The van der Waals surface area contributed by atoms with Crippen LogP contribution in [0.3, 0.4) is 0 Å². The van der Waals surface area contributed by atoms with E-state index in [1.165, 1.54) is 0 Å². The third kappa shape index (κ3) is 3.28. The molecule has 126 valence electrons. The quantitative estimate of drug-likeness (QED) is 0.844. The lowest BCUT2D eigenvalue weighted by atomic mass is 9.97. The molecule has 2 atom stereocenters. The molecule has 23 heavy (non-hydrogen) atoms. The Morgan fingerprint density at radius 2 is 2.09 bits per heavy atom. The van der Waals surface area contributed by atoms with Crippen LogP contribution in [0.4, 0.5) is 5.69 Å². The Kier molecular flexibility index (Phi) is 4.73. The maximum Gasteiger partial charge on any atom is 0.347 e. The van der Waals surface area contributed by atoms with Crippen LogP contribution in [0.5, 0.6) is 5.75 Å². The fraction of sp³-hybridized carbons (Fsp3) is 0.588. The first-order valence-corrected chi connectivity index (χ1v) is 8.18. The van der Waals surface area contributed by atoms with E-state index in [-0.39, 0.29) is 6.42 Å². The van der Waals surface area contributed by atoms with Crippen molar-refractivity contribution in [2.75, 3.05) is 44.7 Å². The van der Waals surface area contributed by atoms with Crippen molar-refractivity contribution in [1.29, 1.82) is 0 Å². The Morgan fingerprint density at radius 3 is 2.78 bits per heavy atom. The van der Waals surface area contributed by atoms with Gasteiger partial charge in [0.25, 0.3) is 0 Å². The Labute approximate surface area is 136 Å². The van der Waals surface area contributed by atoms with Gasteiger partial charge in [-0.3, -0.25) is 0 Å². The second-order valence-corrected chi connectivity index (χ2v) is 6.10. The molecule has 0 saturated carbocycles. The SMILES string of the molecule is CCOC(=O)C1CC(O)c2cccc(N3CCN(C)CC3)c2O1. The van der Waals surface area contributed by atoms with E-state index in [9.17, 15) is 9.90 Å². The topological polar surface area (TPSA) is 62.2 Å². The predicted molar refractivity (Wildman–Crippen MR) is 86.8 cm³/mol. The number of piperazine rings is 1. The van der Waals surface area contributed by atoms with Crippen molar-refractivity contribution in [3.8, 4) is 5.75 Å². The van der Waals surface area contributed by atoms with Gasteiger partial charge in [-0.05, 0) is 20.0 Å². The van der Waals surface area contributed by atoms with Crippen LogP contribution in [-0.4, -0.2) is 61.9 Å². The van der Waals surface area contributed by atoms with E-state index in [0.29, 0.717) is 12.4 Å². The minimum Gasteiger partial charge on any atom is -0.476 e. The lowest BCUT2D eigenvalue weighted by Crippen LogP contribution is -2.45. The van der Waals surface area contributed by atoms with E-state index < -0.39 is 18.2 Å². The highest BCUT2D eigenvalue weighted by Gasteiger charge is 2.35. The Balaban J connectivity index is 1.87. The molecule has 1 fully saturated rings. The molecule has 2 aliphatic heterocycles. The molecule has 1 aromatic carbocycles. The standard InChI is InChI=1S/C17H24N2O4/c1-3-22-17(21)15-11-14(20)12-5-4-6-13(16(12)23-15)19-9-7-18(2)8-10-19/h4-6,14-15,20H,3,7-11H2,1-2H3. The van der Waals surface area contributed by atoms with Gasteiger partial charge >= 0.3 is 5.97 Å². The number of carbonyl (C=O) groups excluding carboxylic acids is 1. The highest BCUT2D eigenvalue weighted by molar-refractivity contribution is 5.77. The molecule has 6 heteroatoms. The van der Waals surface area contributed by atoms with Crippen LogP contribution in [0.15, 0.2) is 18.2 Å². The number of hydrogen-bond donors (Lipinski definition) is 1. The van der Waals surface area contributed by atoms with Gasteiger partial charge in [-0.1, -0.05) is 12.1 Å². The van der Waals surface area contributed by atoms with Crippen LogP contribution < -0.4 is 9.64 Å². The number of rotatable bonds is 3. The average molecular weight is 320 g/mol. The summed E-state index contributed by atoms with van der Waals surface area (Å²) in [5.74, 6) is 0.208. The molecule has 0 aliphatic carbocycles. The summed E-state index contributed by atoms with van der Waals surface area (Å²) in [6, 6.07) is 5.79. The molecule has 0 radical (unpaired) electrons. The van der Waals surface area contributed by atoms with Gasteiger partial charge in [0.05, 0.1) is 18.4 Å². The van der Waals surface area contributed by atoms with Crippen molar-refractivity contribution in [3.63, 3.8) is 0 Å². The molecular formula is C17H24N2O4. The van der Waals surface area contributed by atoms with Crippen molar-refractivity contribution in [2.45, 2.75) is 25.6 Å². The van der Waals surface area contributed by atoms with Crippen LogP contribution >= 0.6 is 0 Å². The molecule has 0 amide bonds. The lowest BCUT2D eigenvalue weighted by molar-refractivity contribution is -0.153. The molecule has 0 spiro atoms. The van der Waals surface area contributed by atoms with Gasteiger partial charge in [-0.2, -0.15) is 0 Å². The van der Waals surface area contributed by atoms with Crippen LogP contribution in [-0.2, 0) is 9.53 Å². The lowest BCUT2D eigenvalue weighted by Gasteiger charge is -2.37. The largest absolute Gasteiger partial charge is 0.476 e. The van der Waals surface area contributed by atoms with Crippen molar-refractivity contribution in [2.24, 2.45) is 0 Å². The first kappa shape index (κ1) is 16.1. The summed E-state index contributed by atoms with van der Waals surface area (Å²) in [4.78, 5) is 16.5. The molecule has 0 bridgehead atoms. The Bertz CT molecular complexity index is 570. The van der Waals surface area contributed by atoms with E-state index in [1.54, 1.807) is 6.92 Å². The summed E-state index contributed by atoms with van der Waals surface area (Å²) >= 11 is 0. The third-order valence-electron chi connectivity index (χ3n) is 4.47. The highest BCUT2D eigenvalue weighted by atomic mass is 16.6. The number of likely N-dealkylation sites (N-methyl/N-ethyl adjacent to an activating group) is 1. The second kappa shape index (κ2) is 6.76. The van der Waals surface area contributed by atoms with Crippen molar-refractivity contribution < 1.29 is 19.4 Å². The van der Waals surface area contributed by atoms with Gasteiger partial charge in [0.15, 0.2) is 6.10 Å². The molecule has 6 nitrogen and oxygen atoms in total. The Hall–Kier alpha value is -1.79. The maximum absolute atomic E-state index is 12.0. The number of para-hydroxylation sites is 1. The van der Waals surface area contributed by atoms with Crippen LogP contribution in [0.25, 0.3) is 0 Å². The molecule has 2 aliphatic rings. The fourth-order valence-electron chi connectivity index (χ4n) is 3.13. The van der Waals surface area contributed by atoms with Crippen molar-refractivity contribution in [1.82, 2.24) is 4.90 Å². The van der Waals surface area contributed by atoms with E-state index in [2.05, 4.69) is 16.8 Å². The highest BCUT2D eigenvalue weighted by Crippen LogP contribution is 2.42. The van der Waals surface area contributed by atoms with E-state index in [1.807, 2.05) is 18.2 Å². The van der Waals surface area contributed by atoms with Gasteiger partial charge in [-0.25, -0.2) is 4.79 Å². The molecule has 3 rings (SSSR count). The smallest absolute Gasteiger partial charge is 0.347 e. The van der Waals surface area contributed by atoms with Gasteiger partial charge in [0.2, 0.25) is 0 Å². The summed E-state index contributed by atoms with van der Waals surface area (Å²) in [5, 5.41) is 10.4. The van der Waals surface area contributed by atoms with Crippen LogP contribution in [0.2, 0.25) is 0 Å². The number of nitrogens with zero attached hydrogens (tertiary/aromatic N) is 2. The third-order valence-corrected chi connectivity index (χ3v) is 4.47. The van der Waals surface area contributed by atoms with Crippen LogP contribution in [0, 0.1) is 0 Å². The molecule has 2 heterocycles. The number of anilines is 1. The number of carbonyl (C=O) groups is 1. The van der Waals surface area contributed by atoms with Crippen molar-refractivity contribution >= 4 is 11.7 Å². The predicted octanol–water partition coefficient (Wildman–Crippen LogP) is 1.19. The summed E-state index contributed by atoms with van der Waals surface area (Å²) in [5.41, 5.74) is 1.70. The van der Waals surface area contributed by atoms with Gasteiger partial charge in [0.1, 0.15) is 5.75 Å². The minimum atomic E-state index is -0.744. The molecule has 0 aromatic heterocycles. The number of aliphatic hydroxyl groups is 1. The van der Waals surface area contributed by atoms with Gasteiger partial charge in [-0.15, -0.1) is 0 Å². The van der Waals surface area contributed by atoms with Gasteiger partial charge in [0, 0.05) is 38.2 Å². The number of aliphatic hydroxyl groups excluding tert-OH is 1. The number of esters is 1. The molecule has 1 aromatic rings. The van der Waals surface area contributed by atoms with E-state index in [4.69, 9.17) is 9.47 Å². The fourth-order valence-corrected chi connectivity index (χ4v) is 3.13. The van der Waals surface area contributed by atoms with E-state index >= 15 is 0 Å². The molecular weight excluding hydrogens is 296 g/mol. The molecule has 1 saturated heterocycles. The van der Waals surface area contributed by atoms with Crippen molar-refractivity contribution in [3.05, 3.63) is 23.8 Å². The zero-order valence-electron chi connectivity index (χ0n) is 13.7. The summed E-state index contributed by atoms with van der Waals surface area (Å²) in [6.07, 6.45) is -1.22. The summed E-state index contributed by atoms with van der Waals surface area (Å²) in [6.45, 7) is 5.83. The minimum absolute atomic E-state index is 0.234. The summed E-state index contributed by atoms with van der Waals surface area (Å²) in [7, 11) is 2.11. The summed E-state index contributed by atoms with van der Waals surface area (Å²) < 4.78 is 11.0. The number of ether oxygens (including phenoxy) is 2. The Morgan fingerprint density at radius 1 is 1.35 bits per heavy atom. The van der Waals surface area contributed by atoms with Gasteiger partial charge < -0.3 is 24.4 Å². The number of hydrogen-bond acceptors (Lipinski definition) is 6. The normalized spacial score (nSPS) is 24.7. The first-order chi connectivity index (χ1) is 11.1. The maximum atomic E-state index is 12.0. The first-order valence-electron chi connectivity index (χ1n) is 8.18. The van der Waals surface area contributed by atoms with E-state index in [0.717, 1.165) is 37.4 Å². The van der Waals surface area contributed by atoms with Crippen LogP contribution in [0.1, 0.15) is 25.0 Å². The second-order valence-electron chi connectivity index (χ2n) is 6.10. The zero-order valence-corrected chi connectivity index (χ0v) is 13.7. The molecule has 2 unspecified atom stereocenters. The zero-order chi connectivity index (χ0) is 16.4.